The number of carbonyl (C=O) groups is 3. The number of imide groups is 1. The molecule has 40 heavy (non-hydrogen) atoms. The Kier molecular flexibility index (Phi) is 9.95. The lowest BCUT2D eigenvalue weighted by Gasteiger charge is -2.53. The van der Waals surface area contributed by atoms with Gasteiger partial charge in [0.15, 0.2) is 6.23 Å². The second kappa shape index (κ2) is 13.4. The SMILES string of the molecule is CCC1(CC)C(=O)N(C(=O)NC(c2ccccc2)c2ccccc2)C1OCC(=O)N1CCN(CCN(C)C)CC1. The lowest BCUT2D eigenvalue weighted by molar-refractivity contribution is -0.212. The standard InChI is InChI=1S/C31H43N5O4/c1-5-31(6-2)28(38)36(29(31)40-23-26(37)35-21-19-34(20-22-35)18-17-33(3)4)30(39)32-27(24-13-9-7-10-14-24)25-15-11-8-12-16-25/h7-16,27,29H,5-6,17-23H2,1-4H3,(H,32,39). The van der Waals surface area contributed by atoms with Gasteiger partial charge < -0.3 is 19.9 Å². The molecule has 0 saturated carbocycles. The van der Waals surface area contributed by atoms with E-state index in [1.54, 1.807) is 0 Å². The van der Waals surface area contributed by atoms with E-state index in [0.717, 1.165) is 37.3 Å². The van der Waals surface area contributed by atoms with Crippen molar-refractivity contribution in [2.45, 2.75) is 39.0 Å². The van der Waals surface area contributed by atoms with Gasteiger partial charge in [-0.2, -0.15) is 0 Å². The van der Waals surface area contributed by atoms with Crippen LogP contribution in [0.1, 0.15) is 43.9 Å². The van der Waals surface area contributed by atoms with Crippen molar-refractivity contribution in [2.75, 3.05) is 60.0 Å². The molecule has 2 aliphatic rings. The molecule has 0 bridgehead atoms. The summed E-state index contributed by atoms with van der Waals surface area (Å²) in [4.78, 5) is 47.6. The van der Waals surface area contributed by atoms with Crippen LogP contribution in [0.15, 0.2) is 60.7 Å². The van der Waals surface area contributed by atoms with Crippen molar-refractivity contribution in [2.24, 2.45) is 5.41 Å². The largest absolute Gasteiger partial charge is 0.347 e. The zero-order valence-corrected chi connectivity index (χ0v) is 24.2. The topological polar surface area (TPSA) is 85.4 Å². The van der Waals surface area contributed by atoms with E-state index in [1.807, 2.05) is 79.4 Å². The van der Waals surface area contributed by atoms with Gasteiger partial charge in [0.25, 0.3) is 0 Å². The van der Waals surface area contributed by atoms with Crippen molar-refractivity contribution in [1.29, 1.82) is 0 Å². The second-order valence-corrected chi connectivity index (χ2v) is 10.9. The first kappa shape index (κ1) is 29.7. The lowest BCUT2D eigenvalue weighted by Crippen LogP contribution is -2.73. The van der Waals surface area contributed by atoms with E-state index in [4.69, 9.17) is 4.74 Å². The van der Waals surface area contributed by atoms with Crippen LogP contribution in [-0.2, 0) is 14.3 Å². The zero-order chi connectivity index (χ0) is 28.7. The van der Waals surface area contributed by atoms with E-state index < -0.39 is 23.7 Å². The molecule has 216 valence electrons. The quantitative estimate of drug-likeness (QED) is 0.434. The van der Waals surface area contributed by atoms with E-state index in [0.29, 0.717) is 25.9 Å². The molecular weight excluding hydrogens is 506 g/mol. The average molecular weight is 550 g/mol. The summed E-state index contributed by atoms with van der Waals surface area (Å²) in [5, 5.41) is 3.06. The van der Waals surface area contributed by atoms with E-state index in [2.05, 4.69) is 29.2 Å². The molecular formula is C31H43N5O4. The normalized spacial score (nSPS) is 19.1. The van der Waals surface area contributed by atoms with Gasteiger partial charge in [-0.15, -0.1) is 0 Å². The third-order valence-electron chi connectivity index (χ3n) is 8.32. The Morgan fingerprint density at radius 3 is 2.00 bits per heavy atom. The van der Waals surface area contributed by atoms with Gasteiger partial charge >= 0.3 is 6.03 Å². The molecule has 0 aromatic heterocycles. The molecule has 9 heteroatoms. The van der Waals surface area contributed by atoms with Gasteiger partial charge in [0.2, 0.25) is 11.8 Å². The molecule has 4 amide bonds. The minimum absolute atomic E-state index is 0.112. The predicted octanol–water partition coefficient (Wildman–Crippen LogP) is 3.18. The highest BCUT2D eigenvalue weighted by Crippen LogP contribution is 2.46. The number of ether oxygens (including phenoxy) is 1. The number of urea groups is 1. The third-order valence-corrected chi connectivity index (χ3v) is 8.32. The smallest absolute Gasteiger partial charge is 0.327 e. The van der Waals surface area contributed by atoms with Crippen LogP contribution in [-0.4, -0.2) is 104 Å². The van der Waals surface area contributed by atoms with Crippen LogP contribution in [0.25, 0.3) is 0 Å². The van der Waals surface area contributed by atoms with Crippen LogP contribution in [0.3, 0.4) is 0 Å². The van der Waals surface area contributed by atoms with Gasteiger partial charge in [0.05, 0.1) is 11.5 Å². The van der Waals surface area contributed by atoms with Gasteiger partial charge in [0.1, 0.15) is 6.61 Å². The highest BCUT2D eigenvalue weighted by Gasteiger charge is 2.62. The minimum Gasteiger partial charge on any atom is -0.347 e. The maximum absolute atomic E-state index is 13.6. The summed E-state index contributed by atoms with van der Waals surface area (Å²) in [7, 11) is 4.12. The number of likely N-dealkylation sites (tertiary alicyclic amines) is 1. The minimum atomic E-state index is -0.822. The van der Waals surface area contributed by atoms with Crippen molar-refractivity contribution in [3.8, 4) is 0 Å². The maximum atomic E-state index is 13.6. The van der Waals surface area contributed by atoms with Crippen molar-refractivity contribution in [1.82, 2.24) is 24.9 Å². The number of rotatable bonds is 11. The molecule has 4 rings (SSSR count). The number of nitrogens with zero attached hydrogens (tertiary/aromatic N) is 4. The number of carbonyl (C=O) groups excluding carboxylic acids is 3. The van der Waals surface area contributed by atoms with Crippen molar-refractivity contribution in [3.63, 3.8) is 0 Å². The van der Waals surface area contributed by atoms with Crippen LogP contribution >= 0.6 is 0 Å². The molecule has 1 unspecified atom stereocenters. The first-order valence-electron chi connectivity index (χ1n) is 14.3. The summed E-state index contributed by atoms with van der Waals surface area (Å²) in [6.45, 7) is 8.59. The zero-order valence-electron chi connectivity index (χ0n) is 24.2. The number of benzene rings is 2. The van der Waals surface area contributed by atoms with Crippen molar-refractivity contribution in [3.05, 3.63) is 71.8 Å². The van der Waals surface area contributed by atoms with Crippen LogP contribution in [0.4, 0.5) is 4.79 Å². The number of β-lactam (4-membered cyclic amide) rings is 1. The van der Waals surface area contributed by atoms with Crippen LogP contribution in [0.2, 0.25) is 0 Å². The molecule has 9 nitrogen and oxygen atoms in total. The number of likely N-dealkylation sites (N-methyl/N-ethyl adjacent to an activating group) is 1. The van der Waals surface area contributed by atoms with Crippen LogP contribution < -0.4 is 5.32 Å². The van der Waals surface area contributed by atoms with Gasteiger partial charge in [-0.1, -0.05) is 74.5 Å². The highest BCUT2D eigenvalue weighted by atomic mass is 16.5. The monoisotopic (exact) mass is 549 g/mol. The van der Waals surface area contributed by atoms with Crippen molar-refractivity contribution >= 4 is 17.8 Å². The average Bonchev–Trinajstić information content (AvgIpc) is 2.98. The molecule has 2 aliphatic heterocycles. The summed E-state index contributed by atoms with van der Waals surface area (Å²) in [5.74, 6) is -0.374. The number of nitrogens with one attached hydrogen (secondary N) is 1. The number of amides is 4. The summed E-state index contributed by atoms with van der Waals surface area (Å²) < 4.78 is 6.13. The molecule has 2 heterocycles. The fraction of sp³-hybridized carbons (Fsp3) is 0.516. The Morgan fingerprint density at radius 2 is 1.50 bits per heavy atom. The Morgan fingerprint density at radius 1 is 0.950 bits per heavy atom. The molecule has 0 spiro atoms. The second-order valence-electron chi connectivity index (χ2n) is 10.9. The Hall–Kier alpha value is -3.27. The molecule has 0 radical (unpaired) electrons. The van der Waals surface area contributed by atoms with E-state index in [1.165, 1.54) is 4.90 Å². The first-order valence-corrected chi connectivity index (χ1v) is 14.3. The highest BCUT2D eigenvalue weighted by molar-refractivity contribution is 6.03. The maximum Gasteiger partial charge on any atom is 0.327 e. The molecule has 2 aromatic rings. The van der Waals surface area contributed by atoms with Crippen LogP contribution in [0, 0.1) is 5.41 Å². The fourth-order valence-electron chi connectivity index (χ4n) is 5.61. The van der Waals surface area contributed by atoms with E-state index >= 15 is 0 Å². The summed E-state index contributed by atoms with van der Waals surface area (Å²) in [5.41, 5.74) is 0.992. The molecule has 1 atom stereocenters. The summed E-state index contributed by atoms with van der Waals surface area (Å²) >= 11 is 0. The summed E-state index contributed by atoms with van der Waals surface area (Å²) in [6, 6.07) is 18.4. The molecule has 0 aliphatic carbocycles. The number of hydrogen-bond acceptors (Lipinski definition) is 6. The molecule has 2 aromatic carbocycles. The van der Waals surface area contributed by atoms with E-state index in [9.17, 15) is 14.4 Å². The lowest BCUT2D eigenvalue weighted by atomic mass is 9.72. The summed E-state index contributed by atoms with van der Waals surface area (Å²) in [6.07, 6.45) is 0.250. The fourth-order valence-corrected chi connectivity index (χ4v) is 5.61. The molecule has 1 N–H and O–H groups in total. The molecule has 2 fully saturated rings. The Balaban J connectivity index is 1.43. The van der Waals surface area contributed by atoms with Crippen LogP contribution in [0.5, 0.6) is 0 Å². The Bertz CT molecular complexity index is 1090. The predicted molar refractivity (Wildman–Crippen MR) is 154 cm³/mol. The van der Waals surface area contributed by atoms with Gasteiger partial charge in [-0.3, -0.25) is 14.5 Å². The first-order chi connectivity index (χ1) is 19.3. The third kappa shape index (κ3) is 6.37. The van der Waals surface area contributed by atoms with Gasteiger partial charge in [-0.05, 0) is 38.1 Å². The van der Waals surface area contributed by atoms with Gasteiger partial charge in [0, 0.05) is 39.3 Å². The Labute approximate surface area is 238 Å². The molecule has 2 saturated heterocycles. The van der Waals surface area contributed by atoms with Gasteiger partial charge in [-0.25, -0.2) is 9.69 Å². The number of piperazine rings is 1. The van der Waals surface area contributed by atoms with Crippen molar-refractivity contribution < 1.29 is 19.1 Å². The number of hydrogen-bond donors (Lipinski definition) is 1. The van der Waals surface area contributed by atoms with E-state index in [-0.39, 0.29) is 18.4 Å².